The van der Waals surface area contributed by atoms with Crippen LogP contribution in [-0.4, -0.2) is 26.8 Å². The topological polar surface area (TPSA) is 58.2 Å². The average molecular weight is 282 g/mol. The van der Waals surface area contributed by atoms with Gasteiger partial charge in [0.25, 0.3) is 0 Å². The van der Waals surface area contributed by atoms with Gasteiger partial charge in [0.05, 0.1) is 5.75 Å². The van der Waals surface area contributed by atoms with E-state index in [4.69, 9.17) is 0 Å². The van der Waals surface area contributed by atoms with Crippen molar-refractivity contribution in [2.75, 3.05) is 12.3 Å². The molecule has 0 heterocycles. The second-order valence-corrected chi connectivity index (χ2v) is 6.99. The van der Waals surface area contributed by atoms with Gasteiger partial charge in [-0.25, -0.2) is 13.1 Å². The van der Waals surface area contributed by atoms with Gasteiger partial charge in [-0.1, -0.05) is 43.2 Å². The molecule has 0 spiro atoms. The lowest BCUT2D eigenvalue weighted by Crippen LogP contribution is -2.35. The minimum atomic E-state index is -3.18. The van der Waals surface area contributed by atoms with E-state index >= 15 is 0 Å². The molecule has 0 aromatic heterocycles. The van der Waals surface area contributed by atoms with Crippen LogP contribution in [0.2, 0.25) is 0 Å². The summed E-state index contributed by atoms with van der Waals surface area (Å²) in [6, 6.07) is 10.1. The van der Waals surface area contributed by atoms with E-state index in [0.29, 0.717) is 19.1 Å². The molecular formula is C14H22N2O2S. The third-order valence-electron chi connectivity index (χ3n) is 3.50. The molecule has 1 saturated carbocycles. The van der Waals surface area contributed by atoms with Gasteiger partial charge < -0.3 is 5.32 Å². The van der Waals surface area contributed by atoms with Crippen molar-refractivity contribution >= 4 is 10.0 Å². The minimum absolute atomic E-state index is 0.149. The van der Waals surface area contributed by atoms with Crippen molar-refractivity contribution in [1.82, 2.24) is 10.0 Å². The second-order valence-electron chi connectivity index (χ2n) is 5.06. The summed E-state index contributed by atoms with van der Waals surface area (Å²) in [5, 5.41) is 3.32. The molecule has 1 fully saturated rings. The summed E-state index contributed by atoms with van der Waals surface area (Å²) in [5.41, 5.74) is 0.981. The number of hydrogen-bond acceptors (Lipinski definition) is 3. The van der Waals surface area contributed by atoms with Crippen LogP contribution in [0.1, 0.15) is 31.2 Å². The van der Waals surface area contributed by atoms with Crippen LogP contribution in [0, 0.1) is 0 Å². The van der Waals surface area contributed by atoms with Crippen molar-refractivity contribution in [1.29, 1.82) is 0 Å². The zero-order valence-corrected chi connectivity index (χ0v) is 12.0. The van der Waals surface area contributed by atoms with Gasteiger partial charge in [0.1, 0.15) is 0 Å². The third-order valence-corrected chi connectivity index (χ3v) is 4.82. The van der Waals surface area contributed by atoms with Crippen molar-refractivity contribution in [2.45, 2.75) is 38.3 Å². The normalized spacial score (nSPS) is 16.8. The van der Waals surface area contributed by atoms with Gasteiger partial charge in [-0.15, -0.1) is 0 Å². The molecule has 2 rings (SSSR count). The lowest BCUT2D eigenvalue weighted by atomic mass is 10.2. The maximum absolute atomic E-state index is 11.8. The Balaban J connectivity index is 1.69. The Morgan fingerprint density at radius 3 is 2.47 bits per heavy atom. The Morgan fingerprint density at radius 1 is 1.11 bits per heavy atom. The molecule has 106 valence electrons. The third kappa shape index (κ3) is 5.30. The summed E-state index contributed by atoms with van der Waals surface area (Å²) in [6.07, 6.45) is 4.88. The molecule has 0 amide bonds. The lowest BCUT2D eigenvalue weighted by Gasteiger charge is -2.12. The molecule has 0 unspecified atom stereocenters. The first-order valence-corrected chi connectivity index (χ1v) is 8.55. The molecule has 4 nitrogen and oxygen atoms in total. The van der Waals surface area contributed by atoms with Gasteiger partial charge in [0, 0.05) is 19.1 Å². The van der Waals surface area contributed by atoms with E-state index in [1.165, 1.54) is 25.7 Å². The maximum atomic E-state index is 11.8. The number of hydrogen-bond donors (Lipinski definition) is 2. The number of rotatable bonds is 7. The highest BCUT2D eigenvalue weighted by Gasteiger charge is 2.15. The molecule has 0 radical (unpaired) electrons. The van der Waals surface area contributed by atoms with Gasteiger partial charge in [-0.3, -0.25) is 0 Å². The first-order valence-electron chi connectivity index (χ1n) is 6.90. The van der Waals surface area contributed by atoms with Crippen LogP contribution in [-0.2, 0) is 16.6 Å². The highest BCUT2D eigenvalue weighted by molar-refractivity contribution is 7.89. The molecule has 1 aliphatic carbocycles. The summed E-state index contributed by atoms with van der Waals surface area (Å²) in [6.45, 7) is 0.904. The van der Waals surface area contributed by atoms with E-state index in [2.05, 4.69) is 10.0 Å². The summed E-state index contributed by atoms with van der Waals surface area (Å²) in [7, 11) is -3.18. The molecule has 2 N–H and O–H groups in total. The minimum Gasteiger partial charge on any atom is -0.313 e. The summed E-state index contributed by atoms with van der Waals surface area (Å²) in [5.74, 6) is 0.149. The standard InChI is InChI=1S/C14H22N2O2S/c17-19(18,11-10-15-14-8-4-5-9-14)16-12-13-6-2-1-3-7-13/h1-3,6-7,14-16H,4-5,8-12H2. The molecule has 1 aromatic rings. The molecular weight excluding hydrogens is 260 g/mol. The molecule has 19 heavy (non-hydrogen) atoms. The van der Waals surface area contributed by atoms with Gasteiger partial charge >= 0.3 is 0 Å². The van der Waals surface area contributed by atoms with Gasteiger partial charge in [0.15, 0.2) is 0 Å². The number of benzene rings is 1. The average Bonchev–Trinajstić information content (AvgIpc) is 2.91. The lowest BCUT2D eigenvalue weighted by molar-refractivity contribution is 0.533. The molecule has 1 aromatic carbocycles. The van der Waals surface area contributed by atoms with Crippen molar-refractivity contribution in [3.63, 3.8) is 0 Å². The predicted octanol–water partition coefficient (Wildman–Crippen LogP) is 1.64. The summed E-state index contributed by atoms with van der Waals surface area (Å²) >= 11 is 0. The van der Waals surface area contributed by atoms with E-state index in [-0.39, 0.29) is 5.75 Å². The van der Waals surface area contributed by atoms with Crippen LogP contribution in [0.5, 0.6) is 0 Å². The van der Waals surface area contributed by atoms with Crippen molar-refractivity contribution < 1.29 is 8.42 Å². The first kappa shape index (κ1) is 14.5. The Bertz CT molecular complexity index is 467. The monoisotopic (exact) mass is 282 g/mol. The van der Waals surface area contributed by atoms with Crippen molar-refractivity contribution in [3.8, 4) is 0 Å². The predicted molar refractivity (Wildman–Crippen MR) is 77.3 cm³/mol. The van der Waals surface area contributed by atoms with Crippen LogP contribution in [0.3, 0.4) is 0 Å². The summed E-state index contributed by atoms with van der Waals surface area (Å²) < 4.78 is 26.3. The number of sulfonamides is 1. The fourth-order valence-corrected chi connectivity index (χ4v) is 3.31. The van der Waals surface area contributed by atoms with Crippen LogP contribution < -0.4 is 10.0 Å². The van der Waals surface area contributed by atoms with Gasteiger partial charge in [-0.2, -0.15) is 0 Å². The molecule has 0 atom stereocenters. The zero-order chi connectivity index (χ0) is 13.6. The van der Waals surface area contributed by atoms with E-state index < -0.39 is 10.0 Å². The van der Waals surface area contributed by atoms with E-state index in [1.807, 2.05) is 30.3 Å². The van der Waals surface area contributed by atoms with Crippen molar-refractivity contribution in [3.05, 3.63) is 35.9 Å². The largest absolute Gasteiger partial charge is 0.313 e. The fraction of sp³-hybridized carbons (Fsp3) is 0.571. The second kappa shape index (κ2) is 7.03. The number of nitrogens with one attached hydrogen (secondary N) is 2. The summed E-state index contributed by atoms with van der Waals surface area (Å²) in [4.78, 5) is 0. The molecule has 0 saturated heterocycles. The van der Waals surface area contributed by atoms with Gasteiger partial charge in [-0.05, 0) is 18.4 Å². The highest BCUT2D eigenvalue weighted by Crippen LogP contribution is 2.17. The highest BCUT2D eigenvalue weighted by atomic mass is 32.2. The van der Waals surface area contributed by atoms with Crippen LogP contribution in [0.25, 0.3) is 0 Å². The smallest absolute Gasteiger partial charge is 0.213 e. The van der Waals surface area contributed by atoms with E-state index in [0.717, 1.165) is 5.56 Å². The van der Waals surface area contributed by atoms with Crippen LogP contribution in [0.15, 0.2) is 30.3 Å². The van der Waals surface area contributed by atoms with Gasteiger partial charge in [0.2, 0.25) is 10.0 Å². The Labute approximate surface area is 115 Å². The first-order chi connectivity index (χ1) is 9.16. The molecule has 0 aliphatic heterocycles. The van der Waals surface area contributed by atoms with E-state index in [9.17, 15) is 8.42 Å². The molecule has 5 heteroatoms. The van der Waals surface area contributed by atoms with Crippen LogP contribution in [0.4, 0.5) is 0 Å². The molecule has 1 aliphatic rings. The van der Waals surface area contributed by atoms with Crippen molar-refractivity contribution in [2.24, 2.45) is 0 Å². The SMILES string of the molecule is O=S(=O)(CCNC1CCCC1)NCc1ccccc1. The fourth-order valence-electron chi connectivity index (χ4n) is 2.39. The molecule has 0 bridgehead atoms. The Kier molecular flexibility index (Phi) is 5.36. The Morgan fingerprint density at radius 2 is 1.79 bits per heavy atom. The van der Waals surface area contributed by atoms with Crippen LogP contribution >= 0.6 is 0 Å². The zero-order valence-electron chi connectivity index (χ0n) is 11.1. The quantitative estimate of drug-likeness (QED) is 0.799. The maximum Gasteiger partial charge on any atom is 0.213 e. The van der Waals surface area contributed by atoms with E-state index in [1.54, 1.807) is 0 Å². The Hall–Kier alpha value is -0.910.